The van der Waals surface area contributed by atoms with Gasteiger partial charge in [-0.3, -0.25) is 9.59 Å². The van der Waals surface area contributed by atoms with Crippen molar-refractivity contribution in [3.8, 4) is 5.75 Å². The predicted octanol–water partition coefficient (Wildman–Crippen LogP) is 6.28. The molecule has 32 heavy (non-hydrogen) atoms. The van der Waals surface area contributed by atoms with Gasteiger partial charge in [0.05, 0.1) is 17.7 Å². The summed E-state index contributed by atoms with van der Waals surface area (Å²) < 4.78 is 5.59. The van der Waals surface area contributed by atoms with Gasteiger partial charge in [0.25, 0.3) is 5.91 Å². The predicted molar refractivity (Wildman–Crippen MR) is 129 cm³/mol. The fraction of sp³-hybridized carbons (Fsp3) is 0.200. The molecule has 0 fully saturated rings. The summed E-state index contributed by atoms with van der Waals surface area (Å²) in [4.78, 5) is 24.9. The zero-order valence-electron chi connectivity index (χ0n) is 17.6. The molecular weight excluding hydrogens is 447 g/mol. The van der Waals surface area contributed by atoms with E-state index in [2.05, 4.69) is 10.6 Å². The van der Waals surface area contributed by atoms with Crippen molar-refractivity contribution in [1.29, 1.82) is 0 Å². The molecule has 0 spiro atoms. The van der Waals surface area contributed by atoms with Crippen molar-refractivity contribution >= 4 is 40.7 Å². The number of anilines is 1. The van der Waals surface area contributed by atoms with Crippen LogP contribution in [0.2, 0.25) is 10.0 Å². The highest BCUT2D eigenvalue weighted by Gasteiger charge is 2.12. The number of carbonyl (C=O) groups is 2. The van der Waals surface area contributed by atoms with Gasteiger partial charge in [-0.25, -0.2) is 0 Å². The fourth-order valence-electron chi connectivity index (χ4n) is 3.07. The van der Waals surface area contributed by atoms with Crippen molar-refractivity contribution in [3.63, 3.8) is 0 Å². The standard InChI is InChI=1S/C25H24Cl2N2O3/c1-17(18-7-3-2-4-8-18)28-25(31)19-9-5-10-21(15-19)29-24(30)11-6-14-32-23-13-12-20(26)16-22(23)27/h2-5,7-10,12-13,15-17H,6,11,14H2,1H3,(H,28,31)(H,29,30). The van der Waals surface area contributed by atoms with Gasteiger partial charge < -0.3 is 15.4 Å². The molecule has 3 aromatic carbocycles. The number of halogens is 2. The molecule has 0 saturated heterocycles. The zero-order chi connectivity index (χ0) is 22.9. The average Bonchev–Trinajstić information content (AvgIpc) is 2.78. The van der Waals surface area contributed by atoms with Crippen molar-refractivity contribution in [3.05, 3.63) is 94.0 Å². The van der Waals surface area contributed by atoms with Crippen molar-refractivity contribution in [2.45, 2.75) is 25.8 Å². The normalized spacial score (nSPS) is 11.5. The van der Waals surface area contributed by atoms with E-state index in [1.165, 1.54) is 0 Å². The molecule has 0 radical (unpaired) electrons. The van der Waals surface area contributed by atoms with Crippen LogP contribution in [0.25, 0.3) is 0 Å². The lowest BCUT2D eigenvalue weighted by Crippen LogP contribution is -2.26. The summed E-state index contributed by atoms with van der Waals surface area (Å²) >= 11 is 11.9. The van der Waals surface area contributed by atoms with Gasteiger partial charge in [-0.2, -0.15) is 0 Å². The number of ether oxygens (including phenoxy) is 1. The molecule has 2 amide bonds. The molecule has 1 atom stereocenters. The first-order valence-electron chi connectivity index (χ1n) is 10.3. The summed E-state index contributed by atoms with van der Waals surface area (Å²) in [5.41, 5.74) is 2.07. The van der Waals surface area contributed by atoms with E-state index in [9.17, 15) is 9.59 Å². The van der Waals surface area contributed by atoms with Gasteiger partial charge in [-0.15, -0.1) is 0 Å². The molecule has 0 aliphatic rings. The maximum absolute atomic E-state index is 12.6. The van der Waals surface area contributed by atoms with E-state index in [0.717, 1.165) is 5.56 Å². The van der Waals surface area contributed by atoms with Gasteiger partial charge in [0.15, 0.2) is 0 Å². The third kappa shape index (κ3) is 7.01. The number of amides is 2. The maximum atomic E-state index is 12.6. The number of rotatable bonds is 9. The minimum absolute atomic E-state index is 0.129. The Bertz CT molecular complexity index is 1070. The molecule has 3 rings (SSSR count). The minimum Gasteiger partial charge on any atom is -0.492 e. The van der Waals surface area contributed by atoms with E-state index in [1.807, 2.05) is 37.3 Å². The highest BCUT2D eigenvalue weighted by atomic mass is 35.5. The molecule has 2 N–H and O–H groups in total. The molecule has 0 heterocycles. The minimum atomic E-state index is -0.203. The van der Waals surface area contributed by atoms with Crippen LogP contribution in [-0.4, -0.2) is 18.4 Å². The highest BCUT2D eigenvalue weighted by Crippen LogP contribution is 2.27. The zero-order valence-corrected chi connectivity index (χ0v) is 19.1. The van der Waals surface area contributed by atoms with Crippen molar-refractivity contribution in [2.75, 3.05) is 11.9 Å². The average molecular weight is 471 g/mol. The largest absolute Gasteiger partial charge is 0.492 e. The first-order valence-corrected chi connectivity index (χ1v) is 11.0. The van der Waals surface area contributed by atoms with Crippen molar-refractivity contribution < 1.29 is 14.3 Å². The summed E-state index contributed by atoms with van der Waals surface area (Å²) in [7, 11) is 0. The molecule has 7 heteroatoms. The lowest BCUT2D eigenvalue weighted by atomic mass is 10.1. The molecule has 0 bridgehead atoms. The summed E-state index contributed by atoms with van der Waals surface area (Å²) in [6.07, 6.45) is 0.784. The molecule has 5 nitrogen and oxygen atoms in total. The second kappa shape index (κ2) is 11.6. The number of benzene rings is 3. The van der Waals surface area contributed by atoms with E-state index in [-0.39, 0.29) is 24.3 Å². The molecule has 166 valence electrons. The van der Waals surface area contributed by atoms with Gasteiger partial charge in [0, 0.05) is 22.7 Å². The Morgan fingerprint density at radius 1 is 0.969 bits per heavy atom. The van der Waals surface area contributed by atoms with Gasteiger partial charge in [-0.1, -0.05) is 59.6 Å². The second-order valence-electron chi connectivity index (χ2n) is 7.26. The highest BCUT2D eigenvalue weighted by molar-refractivity contribution is 6.35. The quantitative estimate of drug-likeness (QED) is 0.361. The Balaban J connectivity index is 1.47. The lowest BCUT2D eigenvalue weighted by Gasteiger charge is -2.15. The number of hydrogen-bond acceptors (Lipinski definition) is 3. The van der Waals surface area contributed by atoms with Gasteiger partial charge in [0.1, 0.15) is 5.75 Å². The smallest absolute Gasteiger partial charge is 0.251 e. The topological polar surface area (TPSA) is 67.4 Å². The van der Waals surface area contributed by atoms with E-state index >= 15 is 0 Å². The SMILES string of the molecule is CC(NC(=O)c1cccc(NC(=O)CCCOc2ccc(Cl)cc2Cl)c1)c1ccccc1. The van der Waals surface area contributed by atoms with Gasteiger partial charge in [-0.05, 0) is 55.3 Å². The van der Waals surface area contributed by atoms with Crippen molar-refractivity contribution in [2.24, 2.45) is 0 Å². The first kappa shape index (κ1) is 23.6. The maximum Gasteiger partial charge on any atom is 0.251 e. The second-order valence-corrected chi connectivity index (χ2v) is 8.11. The van der Waals surface area contributed by atoms with E-state index in [1.54, 1.807) is 42.5 Å². The fourth-order valence-corrected chi connectivity index (χ4v) is 3.54. The van der Waals surface area contributed by atoms with Crippen LogP contribution in [0.5, 0.6) is 5.75 Å². The van der Waals surface area contributed by atoms with Crippen LogP contribution in [0.15, 0.2) is 72.8 Å². The summed E-state index contributed by atoms with van der Waals surface area (Å²) in [6, 6.07) is 21.5. The van der Waals surface area contributed by atoms with Crippen molar-refractivity contribution in [1.82, 2.24) is 5.32 Å². The number of hydrogen-bond donors (Lipinski definition) is 2. The van der Waals surface area contributed by atoms with Crippen LogP contribution < -0.4 is 15.4 Å². The Morgan fingerprint density at radius 2 is 1.75 bits per heavy atom. The van der Waals surface area contributed by atoms with Crippen LogP contribution >= 0.6 is 23.2 Å². The van der Waals surface area contributed by atoms with Gasteiger partial charge >= 0.3 is 0 Å². The summed E-state index contributed by atoms with van der Waals surface area (Å²) in [6.45, 7) is 2.27. The van der Waals surface area contributed by atoms with Crippen LogP contribution in [0.1, 0.15) is 41.7 Å². The summed E-state index contributed by atoms with van der Waals surface area (Å²) in [5, 5.41) is 6.76. The summed E-state index contributed by atoms with van der Waals surface area (Å²) in [5.74, 6) is 0.164. The Morgan fingerprint density at radius 3 is 2.50 bits per heavy atom. The molecule has 1 unspecified atom stereocenters. The molecule has 0 aliphatic carbocycles. The number of nitrogens with one attached hydrogen (secondary N) is 2. The molecule has 0 aliphatic heterocycles. The third-order valence-corrected chi connectivity index (χ3v) is 5.29. The van der Waals surface area contributed by atoms with E-state index < -0.39 is 0 Å². The monoisotopic (exact) mass is 470 g/mol. The van der Waals surface area contributed by atoms with Gasteiger partial charge in [0.2, 0.25) is 5.91 Å². The Labute approximate surface area is 197 Å². The molecule has 0 aromatic heterocycles. The van der Waals surface area contributed by atoms with E-state index in [4.69, 9.17) is 27.9 Å². The van der Waals surface area contributed by atoms with E-state index in [0.29, 0.717) is 40.1 Å². The van der Waals surface area contributed by atoms with Crippen LogP contribution in [-0.2, 0) is 4.79 Å². The third-order valence-electron chi connectivity index (χ3n) is 4.76. The lowest BCUT2D eigenvalue weighted by molar-refractivity contribution is -0.116. The van der Waals surface area contributed by atoms with Crippen LogP contribution in [0, 0.1) is 0 Å². The molecule has 0 saturated carbocycles. The Hall–Kier alpha value is -3.02. The van der Waals surface area contributed by atoms with Crippen LogP contribution in [0.3, 0.4) is 0 Å². The number of carbonyl (C=O) groups excluding carboxylic acids is 2. The van der Waals surface area contributed by atoms with Crippen LogP contribution in [0.4, 0.5) is 5.69 Å². The molecule has 3 aromatic rings. The first-order chi connectivity index (χ1) is 15.4. The molecular formula is C25H24Cl2N2O3. The Kier molecular flexibility index (Phi) is 8.54.